The van der Waals surface area contributed by atoms with Crippen LogP contribution < -0.4 is 10.6 Å². The molecule has 0 fully saturated rings. The standard InChI is InChI=1S/C13H16BrN5O/c1-10-11(14)3-4-12(17-10)18-13(20)16-5-2-7-19-8-6-15-9-19/h3-4,6,8-9H,2,5,7H2,1H3,(H2,16,17,18,20). The van der Waals surface area contributed by atoms with Gasteiger partial charge in [-0.05, 0) is 41.4 Å². The minimum Gasteiger partial charge on any atom is -0.338 e. The maximum Gasteiger partial charge on any atom is 0.320 e. The van der Waals surface area contributed by atoms with Crippen molar-refractivity contribution in [3.05, 3.63) is 41.0 Å². The normalized spacial score (nSPS) is 10.3. The minimum atomic E-state index is -0.246. The van der Waals surface area contributed by atoms with E-state index in [2.05, 4.69) is 36.5 Å². The molecule has 106 valence electrons. The van der Waals surface area contributed by atoms with E-state index < -0.39 is 0 Å². The zero-order valence-electron chi connectivity index (χ0n) is 11.1. The highest BCUT2D eigenvalue weighted by molar-refractivity contribution is 9.10. The molecule has 0 aromatic carbocycles. The maximum absolute atomic E-state index is 11.7. The predicted octanol–water partition coefficient (Wildman–Crippen LogP) is 2.56. The van der Waals surface area contributed by atoms with Gasteiger partial charge in [-0.25, -0.2) is 14.8 Å². The molecule has 0 atom stereocenters. The van der Waals surface area contributed by atoms with Crippen LogP contribution in [0.1, 0.15) is 12.1 Å². The first kappa shape index (κ1) is 14.5. The van der Waals surface area contributed by atoms with Crippen LogP contribution >= 0.6 is 15.9 Å². The molecule has 20 heavy (non-hydrogen) atoms. The molecular weight excluding hydrogens is 322 g/mol. The Bertz CT molecular complexity index is 570. The molecule has 0 aliphatic rings. The van der Waals surface area contributed by atoms with Crippen molar-refractivity contribution in [3.63, 3.8) is 0 Å². The number of nitrogens with zero attached hydrogens (tertiary/aromatic N) is 3. The number of nitrogens with one attached hydrogen (secondary N) is 2. The van der Waals surface area contributed by atoms with Crippen molar-refractivity contribution in [3.8, 4) is 0 Å². The molecule has 0 saturated heterocycles. The number of hydrogen-bond acceptors (Lipinski definition) is 3. The van der Waals surface area contributed by atoms with Gasteiger partial charge >= 0.3 is 6.03 Å². The van der Waals surface area contributed by atoms with E-state index in [1.165, 1.54) is 0 Å². The summed E-state index contributed by atoms with van der Waals surface area (Å²) in [4.78, 5) is 19.9. The van der Waals surface area contributed by atoms with Crippen LogP contribution in [0.2, 0.25) is 0 Å². The van der Waals surface area contributed by atoms with Crippen LogP contribution in [0.25, 0.3) is 0 Å². The summed E-state index contributed by atoms with van der Waals surface area (Å²) in [5.74, 6) is 0.540. The van der Waals surface area contributed by atoms with Gasteiger partial charge in [-0.2, -0.15) is 0 Å². The van der Waals surface area contributed by atoms with Gasteiger partial charge in [0.15, 0.2) is 0 Å². The molecule has 0 saturated carbocycles. The fourth-order valence-corrected chi connectivity index (χ4v) is 1.88. The molecule has 0 radical (unpaired) electrons. The molecule has 6 nitrogen and oxygen atoms in total. The Labute approximate surface area is 125 Å². The summed E-state index contributed by atoms with van der Waals surface area (Å²) in [5, 5.41) is 5.49. The lowest BCUT2D eigenvalue weighted by molar-refractivity contribution is 0.251. The molecular formula is C13H16BrN5O. The number of amides is 2. The number of hydrogen-bond donors (Lipinski definition) is 2. The summed E-state index contributed by atoms with van der Waals surface area (Å²) in [6, 6.07) is 3.36. The molecule has 2 heterocycles. The van der Waals surface area contributed by atoms with Crippen LogP contribution in [-0.4, -0.2) is 27.1 Å². The predicted molar refractivity (Wildman–Crippen MR) is 80.5 cm³/mol. The third-order valence-corrected chi connectivity index (χ3v) is 3.54. The highest BCUT2D eigenvalue weighted by Crippen LogP contribution is 2.15. The molecule has 2 N–H and O–H groups in total. The highest BCUT2D eigenvalue weighted by Gasteiger charge is 2.03. The van der Waals surface area contributed by atoms with E-state index in [4.69, 9.17) is 0 Å². The van der Waals surface area contributed by atoms with Crippen molar-refractivity contribution in [2.45, 2.75) is 19.9 Å². The summed E-state index contributed by atoms with van der Waals surface area (Å²) in [6.07, 6.45) is 6.24. The number of halogens is 1. The van der Waals surface area contributed by atoms with E-state index in [1.807, 2.05) is 23.8 Å². The summed E-state index contributed by atoms with van der Waals surface area (Å²) in [6.45, 7) is 3.30. The average Bonchev–Trinajstić information content (AvgIpc) is 2.92. The zero-order valence-corrected chi connectivity index (χ0v) is 12.7. The Kier molecular flexibility index (Phi) is 5.11. The summed E-state index contributed by atoms with van der Waals surface area (Å²) in [7, 11) is 0. The molecule has 7 heteroatoms. The Balaban J connectivity index is 1.71. The fraction of sp³-hybridized carbons (Fsp3) is 0.308. The molecule has 2 amide bonds. The summed E-state index contributed by atoms with van der Waals surface area (Å²) >= 11 is 3.37. The van der Waals surface area contributed by atoms with Gasteiger partial charge in [-0.1, -0.05) is 0 Å². The van der Waals surface area contributed by atoms with Gasteiger partial charge in [0.1, 0.15) is 5.82 Å². The van der Waals surface area contributed by atoms with Crippen LogP contribution in [0, 0.1) is 6.92 Å². The van der Waals surface area contributed by atoms with Crippen molar-refractivity contribution >= 4 is 27.8 Å². The maximum atomic E-state index is 11.7. The molecule has 2 aromatic heterocycles. The van der Waals surface area contributed by atoms with E-state index in [-0.39, 0.29) is 6.03 Å². The average molecular weight is 338 g/mol. The second-order valence-electron chi connectivity index (χ2n) is 4.30. The number of rotatable bonds is 5. The van der Waals surface area contributed by atoms with Gasteiger partial charge < -0.3 is 9.88 Å². The van der Waals surface area contributed by atoms with Crippen molar-refractivity contribution in [1.82, 2.24) is 19.9 Å². The topological polar surface area (TPSA) is 71.8 Å². The number of anilines is 1. The first-order chi connectivity index (χ1) is 9.65. The number of aryl methyl sites for hydroxylation is 2. The molecule has 0 aliphatic heterocycles. The third kappa shape index (κ3) is 4.34. The summed E-state index contributed by atoms with van der Waals surface area (Å²) < 4.78 is 2.89. The summed E-state index contributed by atoms with van der Waals surface area (Å²) in [5.41, 5.74) is 0.836. The zero-order chi connectivity index (χ0) is 14.4. The lowest BCUT2D eigenvalue weighted by Gasteiger charge is -2.08. The number of urea groups is 1. The molecule has 0 unspecified atom stereocenters. The van der Waals surface area contributed by atoms with Crippen LogP contribution in [0.3, 0.4) is 0 Å². The molecule has 2 aromatic rings. The Morgan fingerprint density at radius 1 is 1.45 bits per heavy atom. The van der Waals surface area contributed by atoms with Gasteiger partial charge in [0.25, 0.3) is 0 Å². The van der Waals surface area contributed by atoms with Crippen molar-refractivity contribution < 1.29 is 4.79 Å². The number of imidazole rings is 1. The van der Waals surface area contributed by atoms with Gasteiger partial charge in [0.05, 0.1) is 12.0 Å². The second kappa shape index (κ2) is 7.04. The van der Waals surface area contributed by atoms with E-state index in [1.54, 1.807) is 18.6 Å². The van der Waals surface area contributed by atoms with Crippen LogP contribution in [0.4, 0.5) is 10.6 Å². The van der Waals surface area contributed by atoms with Gasteiger partial charge in [0, 0.05) is 30.0 Å². The van der Waals surface area contributed by atoms with E-state index >= 15 is 0 Å². The van der Waals surface area contributed by atoms with Crippen LogP contribution in [-0.2, 0) is 6.54 Å². The van der Waals surface area contributed by atoms with Crippen LogP contribution in [0.5, 0.6) is 0 Å². The lowest BCUT2D eigenvalue weighted by Crippen LogP contribution is -2.30. The van der Waals surface area contributed by atoms with Gasteiger partial charge in [-0.15, -0.1) is 0 Å². The molecule has 0 aliphatic carbocycles. The van der Waals surface area contributed by atoms with Crippen molar-refractivity contribution in [1.29, 1.82) is 0 Å². The van der Waals surface area contributed by atoms with Crippen molar-refractivity contribution in [2.24, 2.45) is 0 Å². The monoisotopic (exact) mass is 337 g/mol. The smallest absolute Gasteiger partial charge is 0.320 e. The largest absolute Gasteiger partial charge is 0.338 e. The first-order valence-corrected chi connectivity index (χ1v) is 7.08. The Morgan fingerprint density at radius 3 is 3.00 bits per heavy atom. The van der Waals surface area contributed by atoms with E-state index in [0.717, 1.165) is 23.1 Å². The van der Waals surface area contributed by atoms with Gasteiger partial charge in [-0.3, -0.25) is 5.32 Å². The van der Waals surface area contributed by atoms with Gasteiger partial charge in [0.2, 0.25) is 0 Å². The fourth-order valence-electron chi connectivity index (χ4n) is 1.66. The number of pyridine rings is 1. The third-order valence-electron chi connectivity index (χ3n) is 2.70. The van der Waals surface area contributed by atoms with E-state index in [0.29, 0.717) is 12.4 Å². The number of carbonyl (C=O) groups excluding carboxylic acids is 1. The second-order valence-corrected chi connectivity index (χ2v) is 5.15. The molecule has 0 bridgehead atoms. The van der Waals surface area contributed by atoms with Crippen molar-refractivity contribution in [2.75, 3.05) is 11.9 Å². The number of aromatic nitrogens is 3. The SMILES string of the molecule is Cc1nc(NC(=O)NCCCn2ccnc2)ccc1Br. The Hall–Kier alpha value is -1.89. The molecule has 2 rings (SSSR count). The van der Waals surface area contributed by atoms with E-state index in [9.17, 15) is 4.79 Å². The number of carbonyl (C=O) groups is 1. The lowest BCUT2D eigenvalue weighted by atomic mass is 10.4. The quantitative estimate of drug-likeness (QED) is 0.823. The molecule has 0 spiro atoms. The minimum absolute atomic E-state index is 0.246. The highest BCUT2D eigenvalue weighted by atomic mass is 79.9. The first-order valence-electron chi connectivity index (χ1n) is 6.29. The Morgan fingerprint density at radius 2 is 2.30 bits per heavy atom. The van der Waals surface area contributed by atoms with Crippen LogP contribution in [0.15, 0.2) is 35.3 Å².